The standard InChI is InChI=1S/C19H15ClF2N4O4/c1-19(2,3)30-18(27)25(10-4-5-13(21)12(20)6-10)17-11-7-16(26(28)29)14(22)8-15(11)23-9-24-17/h4-9H,1-3H3. The average Bonchev–Trinajstić information content (AvgIpc) is 2.62. The van der Waals surface area contributed by atoms with Crippen LogP contribution >= 0.6 is 11.6 Å². The molecule has 0 saturated carbocycles. The zero-order valence-electron chi connectivity index (χ0n) is 16.0. The fraction of sp³-hybridized carbons (Fsp3) is 0.211. The molecule has 30 heavy (non-hydrogen) atoms. The van der Waals surface area contributed by atoms with E-state index in [1.54, 1.807) is 20.8 Å². The summed E-state index contributed by atoms with van der Waals surface area (Å²) in [6.45, 7) is 4.91. The van der Waals surface area contributed by atoms with Gasteiger partial charge in [0.1, 0.15) is 17.7 Å². The van der Waals surface area contributed by atoms with Crippen LogP contribution in [-0.2, 0) is 4.74 Å². The molecule has 0 fully saturated rings. The zero-order chi connectivity index (χ0) is 22.2. The molecule has 0 atom stereocenters. The average molecular weight is 437 g/mol. The quantitative estimate of drug-likeness (QED) is 0.394. The van der Waals surface area contributed by atoms with E-state index < -0.39 is 33.9 Å². The van der Waals surface area contributed by atoms with Crippen molar-refractivity contribution in [2.75, 3.05) is 4.90 Å². The molecule has 0 saturated heterocycles. The maximum Gasteiger partial charge on any atom is 0.420 e. The summed E-state index contributed by atoms with van der Waals surface area (Å²) in [5.74, 6) is -1.93. The fourth-order valence-electron chi connectivity index (χ4n) is 2.62. The molecule has 8 nitrogen and oxygen atoms in total. The number of anilines is 2. The predicted octanol–water partition coefficient (Wildman–Crippen LogP) is 5.54. The summed E-state index contributed by atoms with van der Waals surface area (Å²) in [4.78, 5) is 32.2. The number of nitro groups is 1. The van der Waals surface area contributed by atoms with Crippen LogP contribution in [0.5, 0.6) is 0 Å². The minimum absolute atomic E-state index is 0.0110. The molecule has 0 aliphatic heterocycles. The Bertz CT molecular complexity index is 1170. The first-order chi connectivity index (χ1) is 14.0. The highest BCUT2D eigenvalue weighted by Crippen LogP contribution is 2.35. The lowest BCUT2D eigenvalue weighted by Crippen LogP contribution is -2.34. The minimum Gasteiger partial charge on any atom is -0.443 e. The summed E-state index contributed by atoms with van der Waals surface area (Å²) >= 11 is 5.86. The Hall–Kier alpha value is -3.40. The molecular weight excluding hydrogens is 422 g/mol. The number of benzene rings is 2. The first-order valence-electron chi connectivity index (χ1n) is 8.55. The molecule has 156 valence electrons. The molecule has 0 unspecified atom stereocenters. The Morgan fingerprint density at radius 3 is 2.47 bits per heavy atom. The van der Waals surface area contributed by atoms with Gasteiger partial charge < -0.3 is 4.74 Å². The number of nitro benzene ring substituents is 1. The van der Waals surface area contributed by atoms with Gasteiger partial charge in [-0.25, -0.2) is 24.1 Å². The third-order valence-corrected chi connectivity index (χ3v) is 4.12. The van der Waals surface area contributed by atoms with Gasteiger partial charge in [0.2, 0.25) is 5.82 Å². The number of hydrogen-bond acceptors (Lipinski definition) is 6. The highest BCUT2D eigenvalue weighted by atomic mass is 35.5. The molecule has 2 aromatic carbocycles. The first-order valence-corrected chi connectivity index (χ1v) is 8.92. The smallest absolute Gasteiger partial charge is 0.420 e. The summed E-state index contributed by atoms with van der Waals surface area (Å²) in [6, 6.07) is 5.26. The van der Waals surface area contributed by atoms with Gasteiger partial charge >= 0.3 is 11.8 Å². The summed E-state index contributed by atoms with van der Waals surface area (Å²) in [6.07, 6.45) is 0.156. The summed E-state index contributed by atoms with van der Waals surface area (Å²) in [7, 11) is 0. The highest BCUT2D eigenvalue weighted by molar-refractivity contribution is 6.31. The van der Waals surface area contributed by atoms with Gasteiger partial charge in [-0.15, -0.1) is 0 Å². The largest absolute Gasteiger partial charge is 0.443 e. The SMILES string of the molecule is CC(C)(C)OC(=O)N(c1ccc(F)c(Cl)c1)c1ncnc2cc(F)c([N+](=O)[O-])cc12. The Balaban J connectivity index is 2.28. The van der Waals surface area contributed by atoms with E-state index >= 15 is 0 Å². The number of halogens is 3. The first kappa shape index (κ1) is 21.3. The molecule has 0 aliphatic rings. The van der Waals surface area contributed by atoms with E-state index in [4.69, 9.17) is 16.3 Å². The van der Waals surface area contributed by atoms with Crippen LogP contribution in [0.15, 0.2) is 36.7 Å². The van der Waals surface area contributed by atoms with Crippen molar-refractivity contribution >= 4 is 45.8 Å². The molecule has 11 heteroatoms. The van der Waals surface area contributed by atoms with E-state index in [0.29, 0.717) is 0 Å². The number of carbonyl (C=O) groups excluding carboxylic acids is 1. The van der Waals surface area contributed by atoms with Crippen LogP contribution in [-0.4, -0.2) is 26.6 Å². The molecule has 3 aromatic rings. The summed E-state index contributed by atoms with van der Waals surface area (Å²) in [5, 5.41) is 10.9. The lowest BCUT2D eigenvalue weighted by Gasteiger charge is -2.27. The van der Waals surface area contributed by atoms with E-state index in [1.807, 2.05) is 0 Å². The van der Waals surface area contributed by atoms with Gasteiger partial charge in [0.15, 0.2) is 5.82 Å². The van der Waals surface area contributed by atoms with E-state index in [1.165, 1.54) is 12.1 Å². The number of ether oxygens (including phenoxy) is 1. The van der Waals surface area contributed by atoms with Crippen LogP contribution in [0.3, 0.4) is 0 Å². The van der Waals surface area contributed by atoms with E-state index in [0.717, 1.165) is 29.4 Å². The van der Waals surface area contributed by atoms with Crippen molar-refractivity contribution in [1.82, 2.24) is 9.97 Å². The topological polar surface area (TPSA) is 98.5 Å². The third kappa shape index (κ3) is 4.28. The second kappa shape index (κ2) is 7.79. The number of fused-ring (bicyclic) bond motifs is 1. The van der Waals surface area contributed by atoms with Crippen molar-refractivity contribution < 1.29 is 23.2 Å². The van der Waals surface area contributed by atoms with Crippen molar-refractivity contribution in [3.63, 3.8) is 0 Å². The molecule has 0 bridgehead atoms. The molecule has 0 N–H and O–H groups in total. The van der Waals surface area contributed by atoms with Gasteiger partial charge in [0.25, 0.3) is 0 Å². The van der Waals surface area contributed by atoms with Gasteiger partial charge in [-0.3, -0.25) is 10.1 Å². The Morgan fingerprint density at radius 2 is 1.87 bits per heavy atom. The Morgan fingerprint density at radius 1 is 1.17 bits per heavy atom. The van der Waals surface area contributed by atoms with Gasteiger partial charge in [0, 0.05) is 12.1 Å². The fourth-order valence-corrected chi connectivity index (χ4v) is 2.79. The van der Waals surface area contributed by atoms with Crippen LogP contribution in [0.2, 0.25) is 5.02 Å². The van der Waals surface area contributed by atoms with Crippen molar-refractivity contribution in [2.45, 2.75) is 26.4 Å². The zero-order valence-corrected chi connectivity index (χ0v) is 16.8. The maximum absolute atomic E-state index is 14.0. The molecule has 1 heterocycles. The van der Waals surface area contributed by atoms with Crippen molar-refractivity contribution in [2.24, 2.45) is 0 Å². The van der Waals surface area contributed by atoms with Crippen LogP contribution in [0.25, 0.3) is 10.9 Å². The van der Waals surface area contributed by atoms with Crippen LogP contribution in [0.1, 0.15) is 20.8 Å². The van der Waals surface area contributed by atoms with E-state index in [2.05, 4.69) is 9.97 Å². The van der Waals surface area contributed by atoms with Gasteiger partial charge in [-0.2, -0.15) is 4.39 Å². The van der Waals surface area contributed by atoms with Crippen molar-refractivity contribution in [3.8, 4) is 0 Å². The highest BCUT2D eigenvalue weighted by Gasteiger charge is 2.29. The number of nitrogens with zero attached hydrogens (tertiary/aromatic N) is 4. The van der Waals surface area contributed by atoms with Crippen LogP contribution < -0.4 is 4.90 Å². The third-order valence-electron chi connectivity index (χ3n) is 3.83. The predicted molar refractivity (Wildman–Crippen MR) is 106 cm³/mol. The molecule has 3 rings (SSSR count). The Kier molecular flexibility index (Phi) is 5.53. The molecule has 0 spiro atoms. The number of carbonyl (C=O) groups is 1. The lowest BCUT2D eigenvalue weighted by molar-refractivity contribution is -0.387. The van der Waals surface area contributed by atoms with Crippen LogP contribution in [0, 0.1) is 21.7 Å². The number of aromatic nitrogens is 2. The van der Waals surface area contributed by atoms with E-state index in [9.17, 15) is 23.7 Å². The van der Waals surface area contributed by atoms with Gasteiger partial charge in [0.05, 0.1) is 26.5 Å². The molecule has 0 radical (unpaired) electrons. The monoisotopic (exact) mass is 436 g/mol. The summed E-state index contributed by atoms with van der Waals surface area (Å²) in [5.41, 5.74) is -1.62. The molecule has 1 aromatic heterocycles. The normalized spacial score (nSPS) is 11.4. The lowest BCUT2D eigenvalue weighted by atomic mass is 10.1. The van der Waals surface area contributed by atoms with Crippen molar-refractivity contribution in [1.29, 1.82) is 0 Å². The molecular formula is C19H15ClF2N4O4. The van der Waals surface area contributed by atoms with Crippen molar-refractivity contribution in [3.05, 3.63) is 63.4 Å². The molecule has 0 aliphatic carbocycles. The number of hydrogen-bond donors (Lipinski definition) is 0. The van der Waals surface area contributed by atoms with Crippen LogP contribution in [0.4, 0.5) is 30.8 Å². The molecule has 1 amide bonds. The maximum atomic E-state index is 14.0. The second-order valence-corrected chi connectivity index (χ2v) is 7.60. The second-order valence-electron chi connectivity index (χ2n) is 7.19. The van der Waals surface area contributed by atoms with Gasteiger partial charge in [-0.05, 0) is 39.0 Å². The van der Waals surface area contributed by atoms with Gasteiger partial charge in [-0.1, -0.05) is 11.6 Å². The van der Waals surface area contributed by atoms with E-state index in [-0.39, 0.29) is 27.4 Å². The summed E-state index contributed by atoms with van der Waals surface area (Å²) < 4.78 is 33.1. The number of amides is 1. The number of rotatable bonds is 3. The minimum atomic E-state index is -1.09. The Labute approximate surface area is 174 Å².